The van der Waals surface area contributed by atoms with Crippen LogP contribution in [0.4, 0.5) is 0 Å². The summed E-state index contributed by atoms with van der Waals surface area (Å²) in [4.78, 5) is 50.3. The van der Waals surface area contributed by atoms with Gasteiger partial charge in [0.25, 0.3) is 0 Å². The van der Waals surface area contributed by atoms with Crippen molar-refractivity contribution in [3.05, 3.63) is 23.8 Å². The largest absolute Gasteiger partial charge is 0.461 e. The second kappa shape index (κ2) is 9.27. The first kappa shape index (κ1) is 24.0. The molecule has 0 saturated heterocycles. The van der Waals surface area contributed by atoms with Crippen molar-refractivity contribution >= 4 is 23.5 Å². The Morgan fingerprint density at radius 1 is 1.23 bits per heavy atom. The quantitative estimate of drug-likeness (QED) is 0.506. The molecule has 2 aliphatic rings. The predicted octanol–water partition coefficient (Wildman–Crippen LogP) is 4.12. The minimum Gasteiger partial charge on any atom is -0.461 e. The summed E-state index contributed by atoms with van der Waals surface area (Å²) in [6.07, 6.45) is 6.64. The molecular weight excluding hydrogens is 384 g/mol. The topological polar surface area (TPSA) is 86.7 Å². The van der Waals surface area contributed by atoms with Crippen molar-refractivity contribution in [2.45, 2.75) is 85.4 Å². The van der Waals surface area contributed by atoms with Crippen LogP contribution in [-0.4, -0.2) is 35.2 Å². The van der Waals surface area contributed by atoms with Gasteiger partial charge in [0.05, 0.1) is 5.92 Å². The van der Waals surface area contributed by atoms with E-state index in [4.69, 9.17) is 9.47 Å². The first-order valence-corrected chi connectivity index (χ1v) is 10.7. The Kier molecular flexibility index (Phi) is 7.43. The molecule has 0 bridgehead atoms. The third-order valence-corrected chi connectivity index (χ3v) is 6.26. The summed E-state index contributed by atoms with van der Waals surface area (Å²) < 4.78 is 11.4. The van der Waals surface area contributed by atoms with E-state index in [0.717, 1.165) is 0 Å². The number of carbonyl (C=O) groups is 4. The van der Waals surface area contributed by atoms with Gasteiger partial charge < -0.3 is 9.47 Å². The zero-order chi connectivity index (χ0) is 22.7. The smallest absolute Gasteiger partial charge is 0.305 e. The number of hydrogen-bond acceptors (Lipinski definition) is 6. The van der Waals surface area contributed by atoms with Crippen molar-refractivity contribution in [1.82, 2.24) is 0 Å². The molecule has 0 aromatic heterocycles. The summed E-state index contributed by atoms with van der Waals surface area (Å²) in [5, 5.41) is 0. The van der Waals surface area contributed by atoms with Crippen LogP contribution >= 0.6 is 0 Å². The molecule has 166 valence electrons. The van der Waals surface area contributed by atoms with E-state index in [1.807, 2.05) is 26.8 Å². The average molecular weight is 419 g/mol. The number of hydrogen-bond donors (Lipinski definition) is 0. The first-order valence-electron chi connectivity index (χ1n) is 10.7. The summed E-state index contributed by atoms with van der Waals surface area (Å²) in [7, 11) is 0. The first-order chi connectivity index (χ1) is 13.9. The number of Topliss-reactive ketones (excluding diaryl/α,β-unsaturated/α-hetero) is 2. The second-order valence-electron chi connectivity index (χ2n) is 9.19. The van der Waals surface area contributed by atoms with Gasteiger partial charge in [-0.25, -0.2) is 0 Å². The second-order valence-corrected chi connectivity index (χ2v) is 9.19. The van der Waals surface area contributed by atoms with Crippen LogP contribution in [0.1, 0.15) is 73.6 Å². The normalized spacial score (nSPS) is 34.6. The van der Waals surface area contributed by atoms with Gasteiger partial charge in [-0.15, -0.1) is 0 Å². The lowest BCUT2D eigenvalue weighted by atomic mass is 9.78. The highest BCUT2D eigenvalue weighted by Crippen LogP contribution is 2.47. The Balaban J connectivity index is 2.58. The summed E-state index contributed by atoms with van der Waals surface area (Å²) in [6, 6.07) is 0. The van der Waals surface area contributed by atoms with Crippen molar-refractivity contribution in [3.8, 4) is 0 Å². The van der Waals surface area contributed by atoms with E-state index in [1.54, 1.807) is 26.0 Å². The van der Waals surface area contributed by atoms with Crippen LogP contribution in [0.25, 0.3) is 0 Å². The molecule has 0 radical (unpaired) electrons. The Morgan fingerprint density at radius 2 is 1.90 bits per heavy atom. The standard InChI is InChI=1S/C24H34O6/c1-7-20(27)29-21-16(3)14-24(30-17(4)25)18(21)10-8-9-11-19(26)23(5,6)13-12-15(2)22(24)28/h8,10,12,16,18,21H,7,9,11,13-14H2,1-6H3/b10-8+,15-12+/t16-,18-,21-,24+/m0/s1. The Bertz CT molecular complexity index is 775. The van der Waals surface area contributed by atoms with Gasteiger partial charge in [0.15, 0.2) is 5.60 Å². The fourth-order valence-corrected chi connectivity index (χ4v) is 4.44. The minimum atomic E-state index is -1.42. The highest BCUT2D eigenvalue weighted by molar-refractivity contribution is 6.03. The van der Waals surface area contributed by atoms with Gasteiger partial charge in [-0.2, -0.15) is 0 Å². The van der Waals surface area contributed by atoms with Gasteiger partial charge in [0.1, 0.15) is 11.9 Å². The van der Waals surface area contributed by atoms with Crippen LogP contribution in [0, 0.1) is 17.3 Å². The summed E-state index contributed by atoms with van der Waals surface area (Å²) in [5.41, 5.74) is -1.55. The van der Waals surface area contributed by atoms with Gasteiger partial charge in [-0.05, 0) is 31.3 Å². The molecule has 0 aromatic rings. The molecule has 0 amide bonds. The number of esters is 2. The van der Waals surface area contributed by atoms with Crippen molar-refractivity contribution in [1.29, 1.82) is 0 Å². The predicted molar refractivity (Wildman–Crippen MR) is 112 cm³/mol. The molecule has 4 atom stereocenters. The molecule has 2 aliphatic carbocycles. The van der Waals surface area contributed by atoms with Gasteiger partial charge in [0.2, 0.25) is 5.78 Å². The molecule has 0 unspecified atom stereocenters. The number of allylic oxidation sites excluding steroid dienone is 2. The number of ketones is 2. The summed E-state index contributed by atoms with van der Waals surface area (Å²) >= 11 is 0. The van der Waals surface area contributed by atoms with Gasteiger partial charge in [0, 0.05) is 31.6 Å². The summed E-state index contributed by atoms with van der Waals surface area (Å²) in [5.74, 6) is -1.85. The number of ether oxygens (including phenoxy) is 2. The van der Waals surface area contributed by atoms with Crippen LogP contribution in [0.2, 0.25) is 0 Å². The average Bonchev–Trinajstić information content (AvgIpc) is 2.92. The zero-order valence-electron chi connectivity index (χ0n) is 18.9. The molecule has 0 aromatic carbocycles. The van der Waals surface area contributed by atoms with E-state index in [-0.39, 0.29) is 36.3 Å². The van der Waals surface area contributed by atoms with E-state index in [9.17, 15) is 19.2 Å². The van der Waals surface area contributed by atoms with Crippen LogP contribution in [-0.2, 0) is 28.7 Å². The molecule has 30 heavy (non-hydrogen) atoms. The maximum atomic E-state index is 13.6. The van der Waals surface area contributed by atoms with E-state index < -0.39 is 29.0 Å². The molecular formula is C24H34O6. The summed E-state index contributed by atoms with van der Waals surface area (Å²) in [6.45, 7) is 10.3. The van der Waals surface area contributed by atoms with E-state index in [0.29, 0.717) is 24.8 Å². The Hall–Kier alpha value is -2.24. The maximum absolute atomic E-state index is 13.6. The number of rotatable bonds is 3. The molecule has 1 fully saturated rings. The van der Waals surface area contributed by atoms with Gasteiger partial charge >= 0.3 is 11.9 Å². The van der Waals surface area contributed by atoms with E-state index >= 15 is 0 Å². The third kappa shape index (κ3) is 4.90. The van der Waals surface area contributed by atoms with Crippen LogP contribution in [0.5, 0.6) is 0 Å². The molecule has 0 spiro atoms. The zero-order valence-corrected chi connectivity index (χ0v) is 18.9. The molecule has 0 N–H and O–H groups in total. The van der Waals surface area contributed by atoms with Gasteiger partial charge in [-0.3, -0.25) is 19.2 Å². The number of carbonyl (C=O) groups excluding carboxylic acids is 4. The van der Waals surface area contributed by atoms with E-state index in [2.05, 4.69) is 0 Å². The number of fused-ring (bicyclic) bond motifs is 1. The van der Waals surface area contributed by atoms with Crippen molar-refractivity contribution < 1.29 is 28.7 Å². The maximum Gasteiger partial charge on any atom is 0.305 e. The van der Waals surface area contributed by atoms with Crippen molar-refractivity contribution in [2.75, 3.05) is 0 Å². The lowest BCUT2D eigenvalue weighted by molar-refractivity contribution is -0.170. The monoisotopic (exact) mass is 418 g/mol. The van der Waals surface area contributed by atoms with Crippen LogP contribution in [0.3, 0.4) is 0 Å². The lowest BCUT2D eigenvalue weighted by Gasteiger charge is -2.34. The van der Waals surface area contributed by atoms with Crippen LogP contribution < -0.4 is 0 Å². The Labute approximate surface area is 179 Å². The van der Waals surface area contributed by atoms with Crippen molar-refractivity contribution in [3.63, 3.8) is 0 Å². The molecule has 1 saturated carbocycles. The van der Waals surface area contributed by atoms with Crippen molar-refractivity contribution in [2.24, 2.45) is 17.3 Å². The lowest BCUT2D eigenvalue weighted by Crippen LogP contribution is -2.48. The van der Waals surface area contributed by atoms with E-state index in [1.165, 1.54) is 6.92 Å². The fraction of sp³-hybridized carbons (Fsp3) is 0.667. The third-order valence-electron chi connectivity index (χ3n) is 6.26. The fourth-order valence-electron chi connectivity index (χ4n) is 4.44. The van der Waals surface area contributed by atoms with Crippen LogP contribution in [0.15, 0.2) is 23.8 Å². The SMILES string of the molecule is CCC(=O)O[C@H]1[C@@H](C)C[C@]2(OC(C)=O)C(=O)/C(C)=C/CC(C)(C)C(=O)CC/C=C/[C@@H]12. The Morgan fingerprint density at radius 3 is 2.50 bits per heavy atom. The molecule has 6 nitrogen and oxygen atoms in total. The molecule has 2 rings (SSSR count). The minimum absolute atomic E-state index is 0.129. The molecule has 6 heteroatoms. The highest BCUT2D eigenvalue weighted by atomic mass is 16.6. The highest BCUT2D eigenvalue weighted by Gasteiger charge is 2.59. The molecule has 0 aliphatic heterocycles. The van der Waals surface area contributed by atoms with Gasteiger partial charge in [-0.1, -0.05) is 45.9 Å². The molecule has 0 heterocycles.